The molecule has 1 rings (SSSR count). The Bertz CT molecular complexity index is 371. The molecule has 1 N–H and O–H groups in total. The molecule has 0 radical (unpaired) electrons. The minimum Gasteiger partial charge on any atom is -0.406 e. The van der Waals surface area contributed by atoms with Crippen molar-refractivity contribution < 1.29 is 23.0 Å². The Kier molecular flexibility index (Phi) is 5.22. The Morgan fingerprint density at radius 2 is 1.89 bits per heavy atom. The van der Waals surface area contributed by atoms with Crippen molar-refractivity contribution in [3.05, 3.63) is 42.5 Å². The van der Waals surface area contributed by atoms with Gasteiger partial charge in [-0.3, -0.25) is 0 Å². The van der Waals surface area contributed by atoms with Crippen LogP contribution in [0.2, 0.25) is 0 Å². The molecule has 0 aliphatic rings. The van der Waals surface area contributed by atoms with Crippen LogP contribution in [0.5, 0.6) is 5.75 Å². The van der Waals surface area contributed by atoms with Crippen molar-refractivity contribution in [1.29, 1.82) is 0 Å². The summed E-state index contributed by atoms with van der Waals surface area (Å²) in [4.78, 5) is 0. The molecule has 0 aromatic heterocycles. The second kappa shape index (κ2) is 6.44. The molecular formula is C13H15F3O2. The number of alkyl halides is 3. The van der Waals surface area contributed by atoms with Crippen molar-refractivity contribution in [3.8, 4) is 5.75 Å². The normalized spacial score (nSPS) is 13.1. The zero-order valence-corrected chi connectivity index (χ0v) is 9.78. The maximum Gasteiger partial charge on any atom is 0.573 e. The van der Waals surface area contributed by atoms with Gasteiger partial charge in [-0.05, 0) is 37.0 Å². The summed E-state index contributed by atoms with van der Waals surface area (Å²) in [6.07, 6.45) is -1.48. The lowest BCUT2D eigenvalue weighted by atomic mass is 10.0. The molecule has 1 atom stereocenters. The van der Waals surface area contributed by atoms with Crippen LogP contribution in [-0.4, -0.2) is 11.5 Å². The molecule has 0 spiro atoms. The van der Waals surface area contributed by atoms with E-state index in [1.165, 1.54) is 24.3 Å². The first-order valence-corrected chi connectivity index (χ1v) is 5.57. The largest absolute Gasteiger partial charge is 0.573 e. The molecule has 0 heterocycles. The number of halogens is 3. The van der Waals surface area contributed by atoms with E-state index in [9.17, 15) is 18.3 Å². The summed E-state index contributed by atoms with van der Waals surface area (Å²) in [5.74, 6) is -0.287. The number of hydrogen-bond acceptors (Lipinski definition) is 2. The summed E-state index contributed by atoms with van der Waals surface area (Å²) in [6.45, 7) is 3.57. The van der Waals surface area contributed by atoms with E-state index in [0.29, 0.717) is 12.0 Å². The summed E-state index contributed by atoms with van der Waals surface area (Å²) >= 11 is 0. The van der Waals surface area contributed by atoms with Gasteiger partial charge in [0.15, 0.2) is 0 Å². The van der Waals surface area contributed by atoms with Gasteiger partial charge in [0.1, 0.15) is 5.75 Å². The van der Waals surface area contributed by atoms with Crippen molar-refractivity contribution in [2.24, 2.45) is 0 Å². The van der Waals surface area contributed by atoms with E-state index in [1.54, 1.807) is 6.08 Å². The molecule has 0 saturated carbocycles. The van der Waals surface area contributed by atoms with Crippen LogP contribution in [0.3, 0.4) is 0 Å². The minimum atomic E-state index is -4.69. The van der Waals surface area contributed by atoms with E-state index >= 15 is 0 Å². The van der Waals surface area contributed by atoms with Gasteiger partial charge in [0, 0.05) is 0 Å². The number of benzene rings is 1. The summed E-state index contributed by atoms with van der Waals surface area (Å²) in [7, 11) is 0. The monoisotopic (exact) mass is 260 g/mol. The van der Waals surface area contributed by atoms with Crippen molar-refractivity contribution >= 4 is 0 Å². The summed E-state index contributed by atoms with van der Waals surface area (Å²) in [5, 5.41) is 9.77. The molecule has 2 nitrogen and oxygen atoms in total. The SMILES string of the molecule is C=CCCC[C@H](O)c1ccc(OC(F)(F)F)cc1. The van der Waals surface area contributed by atoms with E-state index < -0.39 is 12.5 Å². The van der Waals surface area contributed by atoms with Crippen LogP contribution >= 0.6 is 0 Å². The summed E-state index contributed by atoms with van der Waals surface area (Å²) in [5.41, 5.74) is 0.577. The summed E-state index contributed by atoms with van der Waals surface area (Å²) < 4.78 is 39.5. The van der Waals surface area contributed by atoms with Crippen molar-refractivity contribution in [1.82, 2.24) is 0 Å². The Morgan fingerprint density at radius 1 is 1.28 bits per heavy atom. The number of rotatable bonds is 6. The van der Waals surface area contributed by atoms with Crippen molar-refractivity contribution in [2.45, 2.75) is 31.7 Å². The first-order chi connectivity index (χ1) is 8.42. The molecular weight excluding hydrogens is 245 g/mol. The van der Waals surface area contributed by atoms with Crippen LogP contribution in [0.4, 0.5) is 13.2 Å². The van der Waals surface area contributed by atoms with E-state index in [0.717, 1.165) is 12.8 Å². The Balaban J connectivity index is 2.56. The zero-order valence-electron chi connectivity index (χ0n) is 9.78. The standard InChI is InChI=1S/C13H15F3O2/c1-2-3-4-5-12(17)10-6-8-11(9-7-10)18-13(14,15)16/h2,6-9,12,17H,1,3-5H2/t12-/m0/s1. The van der Waals surface area contributed by atoms with Crippen LogP contribution in [-0.2, 0) is 0 Å². The van der Waals surface area contributed by atoms with Gasteiger partial charge in [-0.15, -0.1) is 19.8 Å². The van der Waals surface area contributed by atoms with Crippen LogP contribution in [0.15, 0.2) is 36.9 Å². The highest BCUT2D eigenvalue weighted by atomic mass is 19.4. The van der Waals surface area contributed by atoms with Gasteiger partial charge in [0.25, 0.3) is 0 Å². The maximum absolute atomic E-state index is 11.9. The lowest BCUT2D eigenvalue weighted by molar-refractivity contribution is -0.274. The molecule has 1 aromatic rings. The second-order valence-electron chi connectivity index (χ2n) is 3.85. The van der Waals surface area contributed by atoms with Gasteiger partial charge in [-0.2, -0.15) is 0 Å². The van der Waals surface area contributed by atoms with Gasteiger partial charge in [-0.25, -0.2) is 0 Å². The Labute approximate surface area is 104 Å². The lowest BCUT2D eigenvalue weighted by Crippen LogP contribution is -2.17. The first-order valence-electron chi connectivity index (χ1n) is 5.57. The fourth-order valence-corrected chi connectivity index (χ4v) is 1.51. The fraction of sp³-hybridized carbons (Fsp3) is 0.385. The van der Waals surface area contributed by atoms with Gasteiger partial charge in [0.05, 0.1) is 6.10 Å². The number of unbranched alkanes of at least 4 members (excludes halogenated alkanes) is 1. The van der Waals surface area contributed by atoms with Crippen LogP contribution in [0.1, 0.15) is 30.9 Å². The predicted octanol–water partition coefficient (Wildman–Crippen LogP) is 3.97. The zero-order chi connectivity index (χ0) is 13.6. The number of ether oxygens (including phenoxy) is 1. The maximum atomic E-state index is 11.9. The predicted molar refractivity (Wildman–Crippen MR) is 62.1 cm³/mol. The smallest absolute Gasteiger partial charge is 0.406 e. The topological polar surface area (TPSA) is 29.5 Å². The highest BCUT2D eigenvalue weighted by molar-refractivity contribution is 5.28. The highest BCUT2D eigenvalue weighted by Gasteiger charge is 2.30. The van der Waals surface area contributed by atoms with Gasteiger partial charge in [-0.1, -0.05) is 18.2 Å². The molecule has 0 aliphatic carbocycles. The number of aliphatic hydroxyl groups is 1. The van der Waals surface area contributed by atoms with E-state index in [2.05, 4.69) is 11.3 Å². The van der Waals surface area contributed by atoms with Crippen LogP contribution < -0.4 is 4.74 Å². The van der Waals surface area contributed by atoms with Crippen LogP contribution in [0, 0.1) is 0 Å². The molecule has 0 fully saturated rings. The fourth-order valence-electron chi connectivity index (χ4n) is 1.51. The third kappa shape index (κ3) is 5.23. The molecule has 18 heavy (non-hydrogen) atoms. The van der Waals surface area contributed by atoms with Crippen LogP contribution in [0.25, 0.3) is 0 Å². The number of hydrogen-bond donors (Lipinski definition) is 1. The highest BCUT2D eigenvalue weighted by Crippen LogP contribution is 2.25. The average Bonchev–Trinajstić information content (AvgIpc) is 2.28. The first kappa shape index (κ1) is 14.6. The molecule has 0 bridgehead atoms. The molecule has 0 aliphatic heterocycles. The molecule has 0 saturated heterocycles. The lowest BCUT2D eigenvalue weighted by Gasteiger charge is -2.12. The van der Waals surface area contributed by atoms with E-state index in [1.807, 2.05) is 0 Å². The molecule has 5 heteroatoms. The molecule has 0 amide bonds. The Morgan fingerprint density at radius 3 is 2.39 bits per heavy atom. The van der Waals surface area contributed by atoms with E-state index in [4.69, 9.17) is 0 Å². The quantitative estimate of drug-likeness (QED) is 0.619. The molecule has 100 valence electrons. The van der Waals surface area contributed by atoms with Gasteiger partial charge < -0.3 is 9.84 Å². The molecule has 0 unspecified atom stereocenters. The van der Waals surface area contributed by atoms with Gasteiger partial charge in [0.2, 0.25) is 0 Å². The minimum absolute atomic E-state index is 0.287. The third-order valence-electron chi connectivity index (χ3n) is 2.38. The summed E-state index contributed by atoms with van der Waals surface area (Å²) in [6, 6.07) is 5.25. The van der Waals surface area contributed by atoms with Crippen molar-refractivity contribution in [3.63, 3.8) is 0 Å². The number of aliphatic hydroxyl groups excluding tert-OH is 1. The third-order valence-corrected chi connectivity index (χ3v) is 2.38. The second-order valence-corrected chi connectivity index (χ2v) is 3.85. The van der Waals surface area contributed by atoms with E-state index in [-0.39, 0.29) is 5.75 Å². The van der Waals surface area contributed by atoms with Gasteiger partial charge >= 0.3 is 6.36 Å². The molecule has 1 aromatic carbocycles. The average molecular weight is 260 g/mol. The van der Waals surface area contributed by atoms with Crippen molar-refractivity contribution in [2.75, 3.05) is 0 Å². The Hall–Kier alpha value is -1.49. The number of allylic oxidation sites excluding steroid dienone is 1.